The van der Waals surface area contributed by atoms with Crippen molar-refractivity contribution >= 4 is 17.6 Å². The SMILES string of the molecule is Cc1cc(C)c(N(C(=O)C2CC2)C2CCOC2=O)c(C)c1. The molecule has 4 heteroatoms. The summed E-state index contributed by atoms with van der Waals surface area (Å²) >= 11 is 0. The fourth-order valence-corrected chi connectivity index (χ4v) is 3.22. The van der Waals surface area contributed by atoms with Crippen LogP contribution in [0.5, 0.6) is 0 Å². The van der Waals surface area contributed by atoms with Gasteiger partial charge < -0.3 is 4.74 Å². The Morgan fingerprint density at radius 2 is 1.76 bits per heavy atom. The van der Waals surface area contributed by atoms with Crippen LogP contribution in [0.25, 0.3) is 0 Å². The zero-order valence-corrected chi connectivity index (χ0v) is 12.8. The second-order valence-electron chi connectivity index (χ2n) is 6.20. The molecule has 1 atom stereocenters. The normalized spacial score (nSPS) is 21.3. The highest BCUT2D eigenvalue weighted by atomic mass is 16.5. The highest BCUT2D eigenvalue weighted by molar-refractivity contribution is 6.03. The fraction of sp³-hybridized carbons (Fsp3) is 0.529. The largest absolute Gasteiger partial charge is 0.464 e. The molecule has 1 aromatic rings. The average molecular weight is 287 g/mol. The predicted molar refractivity (Wildman–Crippen MR) is 80.2 cm³/mol. The molecule has 0 bridgehead atoms. The number of anilines is 1. The quantitative estimate of drug-likeness (QED) is 0.803. The molecular weight excluding hydrogens is 266 g/mol. The lowest BCUT2D eigenvalue weighted by atomic mass is 10.0. The third-order valence-electron chi connectivity index (χ3n) is 4.26. The summed E-state index contributed by atoms with van der Waals surface area (Å²) in [5, 5.41) is 0. The van der Waals surface area contributed by atoms with E-state index in [-0.39, 0.29) is 17.8 Å². The number of nitrogens with zero attached hydrogens (tertiary/aromatic N) is 1. The van der Waals surface area contributed by atoms with Crippen molar-refractivity contribution in [2.75, 3.05) is 11.5 Å². The van der Waals surface area contributed by atoms with Crippen LogP contribution in [0.4, 0.5) is 5.69 Å². The van der Waals surface area contributed by atoms with Gasteiger partial charge in [0.15, 0.2) is 0 Å². The lowest BCUT2D eigenvalue weighted by Gasteiger charge is -2.30. The van der Waals surface area contributed by atoms with Crippen molar-refractivity contribution < 1.29 is 14.3 Å². The number of rotatable bonds is 3. The summed E-state index contributed by atoms with van der Waals surface area (Å²) in [5.74, 6) is -0.115. The molecule has 0 radical (unpaired) electrons. The van der Waals surface area contributed by atoms with Gasteiger partial charge in [-0.05, 0) is 44.7 Å². The van der Waals surface area contributed by atoms with E-state index in [9.17, 15) is 9.59 Å². The molecule has 112 valence electrons. The summed E-state index contributed by atoms with van der Waals surface area (Å²) in [7, 11) is 0. The van der Waals surface area contributed by atoms with Gasteiger partial charge in [-0.3, -0.25) is 9.69 Å². The van der Waals surface area contributed by atoms with Crippen LogP contribution in [-0.4, -0.2) is 24.5 Å². The minimum absolute atomic E-state index is 0.0777. The summed E-state index contributed by atoms with van der Waals surface area (Å²) < 4.78 is 5.09. The van der Waals surface area contributed by atoms with Crippen molar-refractivity contribution in [2.45, 2.75) is 46.1 Å². The standard InChI is InChI=1S/C17H21NO3/c1-10-8-11(2)15(12(3)9-10)18(16(19)13-4-5-13)14-6-7-21-17(14)20/h8-9,13-14H,4-7H2,1-3H3. The lowest BCUT2D eigenvalue weighted by molar-refractivity contribution is -0.140. The Bertz CT molecular complexity index is 581. The first-order valence-electron chi connectivity index (χ1n) is 7.56. The first kappa shape index (κ1) is 14.1. The van der Waals surface area contributed by atoms with Crippen molar-refractivity contribution in [2.24, 2.45) is 5.92 Å². The maximum Gasteiger partial charge on any atom is 0.329 e. The van der Waals surface area contributed by atoms with Crippen molar-refractivity contribution in [1.29, 1.82) is 0 Å². The molecule has 1 saturated carbocycles. The summed E-state index contributed by atoms with van der Waals surface area (Å²) in [6, 6.07) is 3.67. The van der Waals surface area contributed by atoms with E-state index in [2.05, 4.69) is 12.1 Å². The monoisotopic (exact) mass is 287 g/mol. The Labute approximate surface area is 125 Å². The smallest absolute Gasteiger partial charge is 0.329 e. The molecule has 1 aliphatic heterocycles. The molecule has 2 fully saturated rings. The van der Waals surface area contributed by atoms with Crippen molar-refractivity contribution in [3.63, 3.8) is 0 Å². The van der Waals surface area contributed by atoms with Crippen LogP contribution in [0.15, 0.2) is 12.1 Å². The minimum atomic E-state index is -0.460. The van der Waals surface area contributed by atoms with E-state index >= 15 is 0 Å². The molecule has 1 saturated heterocycles. The zero-order chi connectivity index (χ0) is 15.1. The number of carbonyl (C=O) groups is 2. The molecule has 0 aromatic heterocycles. The van der Waals surface area contributed by atoms with Crippen LogP contribution < -0.4 is 4.90 Å². The molecule has 1 aliphatic carbocycles. The number of esters is 1. The Kier molecular flexibility index (Phi) is 3.47. The fourth-order valence-electron chi connectivity index (χ4n) is 3.22. The van der Waals surface area contributed by atoms with Gasteiger partial charge in [0.05, 0.1) is 12.3 Å². The number of carbonyl (C=O) groups excluding carboxylic acids is 2. The third-order valence-corrected chi connectivity index (χ3v) is 4.26. The second-order valence-corrected chi connectivity index (χ2v) is 6.20. The summed E-state index contributed by atoms with van der Waals surface area (Å²) in [4.78, 5) is 26.5. The van der Waals surface area contributed by atoms with E-state index in [0.717, 1.165) is 29.7 Å². The van der Waals surface area contributed by atoms with Crippen molar-refractivity contribution in [3.05, 3.63) is 28.8 Å². The van der Waals surface area contributed by atoms with Gasteiger partial charge in [0.1, 0.15) is 6.04 Å². The van der Waals surface area contributed by atoms with Gasteiger partial charge in [0, 0.05) is 12.3 Å². The summed E-state index contributed by atoms with van der Waals surface area (Å²) in [6.45, 7) is 6.45. The van der Waals surface area contributed by atoms with E-state index in [0.29, 0.717) is 13.0 Å². The predicted octanol–water partition coefficient (Wildman–Crippen LogP) is 2.67. The van der Waals surface area contributed by atoms with Gasteiger partial charge in [-0.15, -0.1) is 0 Å². The molecule has 0 spiro atoms. The van der Waals surface area contributed by atoms with E-state index in [4.69, 9.17) is 4.74 Å². The van der Waals surface area contributed by atoms with Crippen LogP contribution in [0.1, 0.15) is 36.0 Å². The lowest BCUT2D eigenvalue weighted by Crippen LogP contribution is -2.44. The molecular formula is C17H21NO3. The van der Waals surface area contributed by atoms with Gasteiger partial charge in [0.25, 0.3) is 0 Å². The Hall–Kier alpha value is -1.84. The van der Waals surface area contributed by atoms with Gasteiger partial charge in [-0.1, -0.05) is 17.7 Å². The second kappa shape index (κ2) is 5.17. The van der Waals surface area contributed by atoms with E-state index in [1.165, 1.54) is 5.56 Å². The van der Waals surface area contributed by atoms with Gasteiger partial charge in [0.2, 0.25) is 5.91 Å². The first-order chi connectivity index (χ1) is 9.99. The molecule has 0 N–H and O–H groups in total. The zero-order valence-electron chi connectivity index (χ0n) is 12.8. The number of amides is 1. The molecule has 21 heavy (non-hydrogen) atoms. The minimum Gasteiger partial charge on any atom is -0.464 e. The van der Waals surface area contributed by atoms with Crippen molar-refractivity contribution in [3.8, 4) is 0 Å². The molecule has 1 aromatic carbocycles. The Balaban J connectivity index is 2.06. The van der Waals surface area contributed by atoms with Crippen LogP contribution in [0, 0.1) is 26.7 Å². The van der Waals surface area contributed by atoms with Crippen LogP contribution in [0.2, 0.25) is 0 Å². The Morgan fingerprint density at radius 1 is 1.14 bits per heavy atom. The third kappa shape index (κ3) is 2.55. The number of ether oxygens (including phenoxy) is 1. The molecule has 1 amide bonds. The Morgan fingerprint density at radius 3 is 2.24 bits per heavy atom. The number of hydrogen-bond donors (Lipinski definition) is 0. The topological polar surface area (TPSA) is 46.6 Å². The summed E-state index contributed by atoms with van der Waals surface area (Å²) in [5.41, 5.74) is 4.14. The van der Waals surface area contributed by atoms with Crippen molar-refractivity contribution in [1.82, 2.24) is 0 Å². The molecule has 1 heterocycles. The number of aryl methyl sites for hydroxylation is 3. The van der Waals surface area contributed by atoms with Gasteiger partial charge in [-0.25, -0.2) is 4.79 Å². The maximum atomic E-state index is 12.7. The van der Waals surface area contributed by atoms with E-state index in [1.807, 2.05) is 20.8 Å². The highest BCUT2D eigenvalue weighted by Crippen LogP contribution is 2.37. The van der Waals surface area contributed by atoms with Crippen LogP contribution >= 0.6 is 0 Å². The highest BCUT2D eigenvalue weighted by Gasteiger charge is 2.42. The number of benzene rings is 1. The number of hydrogen-bond acceptors (Lipinski definition) is 3. The maximum absolute atomic E-state index is 12.7. The average Bonchev–Trinajstić information content (AvgIpc) is 3.17. The molecule has 4 nitrogen and oxygen atoms in total. The van der Waals surface area contributed by atoms with Gasteiger partial charge in [-0.2, -0.15) is 0 Å². The van der Waals surface area contributed by atoms with Crippen LogP contribution in [-0.2, 0) is 14.3 Å². The molecule has 3 rings (SSSR count). The first-order valence-corrected chi connectivity index (χ1v) is 7.56. The van der Waals surface area contributed by atoms with Crippen LogP contribution in [0.3, 0.4) is 0 Å². The summed E-state index contributed by atoms with van der Waals surface area (Å²) in [6.07, 6.45) is 2.45. The molecule has 2 aliphatic rings. The molecule has 1 unspecified atom stereocenters. The van der Waals surface area contributed by atoms with E-state index in [1.54, 1.807) is 4.90 Å². The number of cyclic esters (lactones) is 1. The van der Waals surface area contributed by atoms with E-state index < -0.39 is 6.04 Å². The van der Waals surface area contributed by atoms with Gasteiger partial charge >= 0.3 is 5.97 Å².